The maximum atomic E-state index is 11.8. The lowest BCUT2D eigenvalue weighted by Gasteiger charge is -2.10. The molecule has 5 heteroatoms. The Morgan fingerprint density at radius 1 is 1.27 bits per heavy atom. The van der Waals surface area contributed by atoms with Crippen molar-refractivity contribution in [3.8, 4) is 11.1 Å². The highest BCUT2D eigenvalue weighted by Crippen LogP contribution is 2.25. The maximum Gasteiger partial charge on any atom is 0.153 e. The fourth-order valence-corrected chi connectivity index (χ4v) is 2.51. The predicted molar refractivity (Wildman–Crippen MR) is 86.4 cm³/mol. The van der Waals surface area contributed by atoms with Crippen molar-refractivity contribution >= 4 is 16.7 Å². The van der Waals surface area contributed by atoms with Gasteiger partial charge in [0.25, 0.3) is 0 Å². The number of fused-ring (bicyclic) bond motifs is 1. The molecule has 2 aromatic heterocycles. The van der Waals surface area contributed by atoms with E-state index in [0.29, 0.717) is 0 Å². The second-order valence-electron chi connectivity index (χ2n) is 5.47. The Hall–Kier alpha value is -2.53. The van der Waals surface area contributed by atoms with Gasteiger partial charge in [0.1, 0.15) is 0 Å². The van der Waals surface area contributed by atoms with Crippen LogP contribution in [0.3, 0.4) is 0 Å². The number of hydrogen-bond donors (Lipinski definition) is 1. The molecule has 1 unspecified atom stereocenters. The third-order valence-corrected chi connectivity index (χ3v) is 3.93. The minimum atomic E-state index is -0.198. The Morgan fingerprint density at radius 2 is 2.09 bits per heavy atom. The summed E-state index contributed by atoms with van der Waals surface area (Å²) >= 11 is 0. The number of nitrogens with two attached hydrogens (primary N) is 1. The molecule has 112 valence electrons. The van der Waals surface area contributed by atoms with Gasteiger partial charge in [-0.15, -0.1) is 0 Å². The van der Waals surface area contributed by atoms with Gasteiger partial charge in [-0.2, -0.15) is 5.10 Å². The molecule has 0 saturated heterocycles. The zero-order valence-corrected chi connectivity index (χ0v) is 12.7. The standard InChI is InChI=1S/C17H18N4O/c1-11(17(22)7-18)12-3-4-16-13(5-12)6-14(8-19-16)15-9-20-21(2)10-15/h3-6,8-11H,7,18H2,1-2H3. The first-order chi connectivity index (χ1) is 10.6. The molecule has 0 saturated carbocycles. The molecule has 0 spiro atoms. The zero-order chi connectivity index (χ0) is 15.7. The molecule has 5 nitrogen and oxygen atoms in total. The highest BCUT2D eigenvalue weighted by atomic mass is 16.1. The van der Waals surface area contributed by atoms with E-state index < -0.39 is 0 Å². The molecule has 0 radical (unpaired) electrons. The van der Waals surface area contributed by atoms with Crippen LogP contribution in [0, 0.1) is 0 Å². The molecule has 0 amide bonds. The summed E-state index contributed by atoms with van der Waals surface area (Å²) in [7, 11) is 1.89. The number of ketones is 1. The van der Waals surface area contributed by atoms with Crippen LogP contribution in [-0.4, -0.2) is 27.1 Å². The number of aryl methyl sites for hydroxylation is 1. The van der Waals surface area contributed by atoms with E-state index in [1.165, 1.54) is 0 Å². The Morgan fingerprint density at radius 3 is 2.77 bits per heavy atom. The highest BCUT2D eigenvalue weighted by molar-refractivity contribution is 5.89. The lowest BCUT2D eigenvalue weighted by molar-refractivity contribution is -0.118. The number of pyridine rings is 1. The summed E-state index contributed by atoms with van der Waals surface area (Å²) in [6, 6.07) is 7.97. The Kier molecular flexibility index (Phi) is 3.73. The molecular formula is C17H18N4O. The number of carbonyl (C=O) groups excluding carboxylic acids is 1. The quantitative estimate of drug-likeness (QED) is 0.801. The fourth-order valence-electron chi connectivity index (χ4n) is 2.51. The normalized spacial score (nSPS) is 12.5. The second kappa shape index (κ2) is 5.69. The molecule has 3 aromatic rings. The van der Waals surface area contributed by atoms with Gasteiger partial charge in [0.05, 0.1) is 18.3 Å². The second-order valence-corrected chi connectivity index (χ2v) is 5.47. The van der Waals surface area contributed by atoms with Gasteiger partial charge in [0.15, 0.2) is 5.78 Å². The molecular weight excluding hydrogens is 276 g/mol. The van der Waals surface area contributed by atoms with E-state index in [1.807, 2.05) is 50.8 Å². The van der Waals surface area contributed by atoms with E-state index in [0.717, 1.165) is 27.6 Å². The average molecular weight is 294 g/mol. The van der Waals surface area contributed by atoms with Crippen molar-refractivity contribution in [3.05, 3.63) is 48.4 Å². The van der Waals surface area contributed by atoms with Crippen molar-refractivity contribution < 1.29 is 4.79 Å². The van der Waals surface area contributed by atoms with Gasteiger partial charge in [-0.25, -0.2) is 0 Å². The molecule has 0 bridgehead atoms. The summed E-state index contributed by atoms with van der Waals surface area (Å²) in [5.41, 5.74) is 9.36. The molecule has 0 aliphatic rings. The molecule has 0 fully saturated rings. The number of nitrogens with zero attached hydrogens (tertiary/aromatic N) is 3. The van der Waals surface area contributed by atoms with Gasteiger partial charge in [0.2, 0.25) is 0 Å². The Balaban J connectivity index is 2.04. The summed E-state index contributed by atoms with van der Waals surface area (Å²) in [6.07, 6.45) is 5.61. The highest BCUT2D eigenvalue weighted by Gasteiger charge is 2.14. The fraction of sp³-hybridized carbons (Fsp3) is 0.235. The van der Waals surface area contributed by atoms with Crippen LogP contribution in [0.1, 0.15) is 18.4 Å². The van der Waals surface area contributed by atoms with Crippen LogP contribution in [0.2, 0.25) is 0 Å². The van der Waals surface area contributed by atoms with Crippen LogP contribution < -0.4 is 5.73 Å². The molecule has 1 atom stereocenters. The average Bonchev–Trinajstić information content (AvgIpc) is 2.98. The summed E-state index contributed by atoms with van der Waals surface area (Å²) in [4.78, 5) is 16.3. The van der Waals surface area contributed by atoms with E-state index in [2.05, 4.69) is 16.1 Å². The van der Waals surface area contributed by atoms with Crippen LogP contribution in [-0.2, 0) is 11.8 Å². The number of aromatic nitrogens is 3. The van der Waals surface area contributed by atoms with Gasteiger partial charge < -0.3 is 5.73 Å². The molecule has 2 heterocycles. The van der Waals surface area contributed by atoms with E-state index in [9.17, 15) is 4.79 Å². The van der Waals surface area contributed by atoms with E-state index in [1.54, 1.807) is 4.68 Å². The monoisotopic (exact) mass is 294 g/mol. The predicted octanol–water partition coefficient (Wildman–Crippen LogP) is 2.27. The molecule has 2 N–H and O–H groups in total. The maximum absolute atomic E-state index is 11.8. The summed E-state index contributed by atoms with van der Waals surface area (Å²) in [5, 5.41) is 5.19. The molecule has 22 heavy (non-hydrogen) atoms. The van der Waals surface area contributed by atoms with Crippen molar-refractivity contribution in [1.29, 1.82) is 0 Å². The smallest absolute Gasteiger partial charge is 0.153 e. The third kappa shape index (κ3) is 2.63. The Labute approximate surface area is 128 Å². The van der Waals surface area contributed by atoms with E-state index in [4.69, 9.17) is 5.73 Å². The van der Waals surface area contributed by atoms with Crippen LogP contribution in [0.15, 0.2) is 42.9 Å². The molecule has 1 aromatic carbocycles. The largest absolute Gasteiger partial charge is 0.324 e. The lowest BCUT2D eigenvalue weighted by Crippen LogP contribution is -2.19. The van der Waals surface area contributed by atoms with Gasteiger partial charge >= 0.3 is 0 Å². The first-order valence-electron chi connectivity index (χ1n) is 7.20. The van der Waals surface area contributed by atoms with Gasteiger partial charge in [-0.3, -0.25) is 14.5 Å². The van der Waals surface area contributed by atoms with E-state index in [-0.39, 0.29) is 18.2 Å². The van der Waals surface area contributed by atoms with Gasteiger partial charge in [-0.05, 0) is 23.8 Å². The minimum absolute atomic E-state index is 0.0377. The molecule has 3 rings (SSSR count). The molecule has 0 aliphatic carbocycles. The topological polar surface area (TPSA) is 73.8 Å². The number of carbonyl (C=O) groups is 1. The SMILES string of the molecule is CC(C(=O)CN)c1ccc2ncc(-c3cnn(C)c3)cc2c1. The third-order valence-electron chi connectivity index (χ3n) is 3.93. The first kappa shape index (κ1) is 14.4. The van der Waals surface area contributed by atoms with Crippen LogP contribution in [0.5, 0.6) is 0 Å². The van der Waals surface area contributed by atoms with Crippen LogP contribution in [0.25, 0.3) is 22.0 Å². The van der Waals surface area contributed by atoms with Gasteiger partial charge in [0, 0.05) is 41.9 Å². The van der Waals surface area contributed by atoms with Gasteiger partial charge in [-0.1, -0.05) is 13.0 Å². The van der Waals surface area contributed by atoms with Crippen molar-refractivity contribution in [2.75, 3.05) is 6.54 Å². The number of Topliss-reactive ketones (excluding diaryl/α,β-unsaturated/α-hetero) is 1. The molecule has 0 aliphatic heterocycles. The lowest BCUT2D eigenvalue weighted by atomic mass is 9.95. The zero-order valence-electron chi connectivity index (χ0n) is 12.7. The van der Waals surface area contributed by atoms with Crippen molar-refractivity contribution in [2.45, 2.75) is 12.8 Å². The number of benzene rings is 1. The first-order valence-corrected chi connectivity index (χ1v) is 7.20. The summed E-state index contributed by atoms with van der Waals surface area (Å²) < 4.78 is 1.76. The van der Waals surface area contributed by atoms with Crippen molar-refractivity contribution in [1.82, 2.24) is 14.8 Å². The number of rotatable bonds is 4. The van der Waals surface area contributed by atoms with E-state index >= 15 is 0 Å². The minimum Gasteiger partial charge on any atom is -0.324 e. The van der Waals surface area contributed by atoms with Crippen molar-refractivity contribution in [3.63, 3.8) is 0 Å². The summed E-state index contributed by atoms with van der Waals surface area (Å²) in [6.45, 7) is 1.95. The summed E-state index contributed by atoms with van der Waals surface area (Å²) in [5.74, 6) is -0.160. The van der Waals surface area contributed by atoms with Crippen LogP contribution in [0.4, 0.5) is 0 Å². The van der Waals surface area contributed by atoms with Crippen LogP contribution >= 0.6 is 0 Å². The Bertz CT molecular complexity index is 838. The number of hydrogen-bond acceptors (Lipinski definition) is 4. The van der Waals surface area contributed by atoms with Crippen molar-refractivity contribution in [2.24, 2.45) is 12.8 Å².